The van der Waals surface area contributed by atoms with Crippen LogP contribution in [0.2, 0.25) is 0 Å². The van der Waals surface area contributed by atoms with Crippen molar-refractivity contribution >= 4 is 21.8 Å². The van der Waals surface area contributed by atoms with Crippen LogP contribution in [0.3, 0.4) is 0 Å². The molecule has 5 heteroatoms. The van der Waals surface area contributed by atoms with Crippen LogP contribution in [0.15, 0.2) is 18.2 Å². The molecule has 1 aromatic carbocycles. The largest absolute Gasteiger partial charge is 0.338 e. The monoisotopic (exact) mass is 303 g/mol. The highest BCUT2D eigenvalue weighted by molar-refractivity contribution is 9.09. The zero-order chi connectivity index (χ0) is 12.4. The van der Waals surface area contributed by atoms with Crippen molar-refractivity contribution in [2.45, 2.75) is 13.0 Å². The maximum atomic E-state index is 13.0. The van der Waals surface area contributed by atoms with E-state index >= 15 is 0 Å². The number of amides is 1. The van der Waals surface area contributed by atoms with Crippen LogP contribution in [-0.2, 0) is 11.3 Å². The van der Waals surface area contributed by atoms with E-state index in [1.54, 1.807) is 4.90 Å². The molecule has 0 radical (unpaired) electrons. The van der Waals surface area contributed by atoms with Gasteiger partial charge in [-0.3, -0.25) is 4.79 Å². The first-order valence-electron chi connectivity index (χ1n) is 5.37. The van der Waals surface area contributed by atoms with Gasteiger partial charge in [0.1, 0.15) is 11.6 Å². The predicted molar refractivity (Wildman–Crippen MR) is 63.7 cm³/mol. The Bertz CT molecular complexity index is 418. The molecule has 1 aromatic rings. The van der Waals surface area contributed by atoms with Gasteiger partial charge in [-0.15, -0.1) is 0 Å². The fourth-order valence-electron chi connectivity index (χ4n) is 2.03. The third-order valence-electron chi connectivity index (χ3n) is 2.81. The molecule has 0 aliphatic carbocycles. The van der Waals surface area contributed by atoms with Crippen molar-refractivity contribution in [2.75, 3.05) is 11.9 Å². The van der Waals surface area contributed by atoms with Gasteiger partial charge in [0.15, 0.2) is 0 Å². The molecule has 1 saturated heterocycles. The first-order valence-corrected chi connectivity index (χ1v) is 6.49. The van der Waals surface area contributed by atoms with Gasteiger partial charge >= 0.3 is 0 Å². The van der Waals surface area contributed by atoms with E-state index in [0.717, 1.165) is 11.4 Å². The lowest BCUT2D eigenvalue weighted by atomic mass is 10.1. The number of carbonyl (C=O) groups is 1. The Morgan fingerprint density at radius 3 is 2.47 bits per heavy atom. The van der Waals surface area contributed by atoms with Crippen molar-refractivity contribution in [3.63, 3.8) is 0 Å². The highest BCUT2D eigenvalue weighted by Crippen LogP contribution is 2.22. The first-order chi connectivity index (χ1) is 8.08. The van der Waals surface area contributed by atoms with Gasteiger partial charge < -0.3 is 4.90 Å². The summed E-state index contributed by atoms with van der Waals surface area (Å²) in [5.74, 6) is -0.882. The molecule has 1 heterocycles. The van der Waals surface area contributed by atoms with Gasteiger partial charge in [-0.25, -0.2) is 8.78 Å². The number of nitrogens with zero attached hydrogens (tertiary/aromatic N) is 1. The number of halogens is 3. The molecule has 1 aliphatic rings. The Balaban J connectivity index is 2.08. The van der Waals surface area contributed by atoms with Gasteiger partial charge in [0.05, 0.1) is 0 Å². The van der Waals surface area contributed by atoms with Crippen molar-refractivity contribution in [2.24, 2.45) is 5.92 Å². The minimum absolute atomic E-state index is 0.0409. The van der Waals surface area contributed by atoms with E-state index < -0.39 is 11.6 Å². The van der Waals surface area contributed by atoms with Crippen LogP contribution in [0.5, 0.6) is 0 Å². The maximum absolute atomic E-state index is 13.0. The van der Waals surface area contributed by atoms with Crippen LogP contribution < -0.4 is 0 Å². The molecule has 2 rings (SSSR count). The zero-order valence-electron chi connectivity index (χ0n) is 9.13. The topological polar surface area (TPSA) is 20.3 Å². The number of hydrogen-bond donors (Lipinski definition) is 0. The van der Waals surface area contributed by atoms with E-state index in [-0.39, 0.29) is 12.5 Å². The van der Waals surface area contributed by atoms with Gasteiger partial charge in [0, 0.05) is 30.9 Å². The number of benzene rings is 1. The zero-order valence-corrected chi connectivity index (χ0v) is 10.7. The van der Waals surface area contributed by atoms with E-state index in [0.29, 0.717) is 24.4 Å². The van der Waals surface area contributed by atoms with Crippen molar-refractivity contribution in [1.29, 1.82) is 0 Å². The Labute approximate surface area is 107 Å². The molecule has 0 saturated carbocycles. The van der Waals surface area contributed by atoms with E-state index in [1.807, 2.05) is 0 Å². The Kier molecular flexibility index (Phi) is 3.76. The van der Waals surface area contributed by atoms with Gasteiger partial charge in [-0.1, -0.05) is 15.9 Å². The first kappa shape index (κ1) is 12.5. The summed E-state index contributed by atoms with van der Waals surface area (Å²) in [6.07, 6.45) is 0.503. The van der Waals surface area contributed by atoms with Crippen LogP contribution in [0.25, 0.3) is 0 Å². The molecule has 0 aromatic heterocycles. The number of hydrogen-bond acceptors (Lipinski definition) is 1. The summed E-state index contributed by atoms with van der Waals surface area (Å²) in [5, 5.41) is 0.771. The summed E-state index contributed by atoms with van der Waals surface area (Å²) in [7, 11) is 0. The summed E-state index contributed by atoms with van der Waals surface area (Å²) >= 11 is 3.34. The molecule has 0 spiro atoms. The number of rotatable bonds is 3. The summed E-state index contributed by atoms with van der Waals surface area (Å²) < 4.78 is 26.0. The molecular weight excluding hydrogens is 292 g/mol. The fraction of sp³-hybridized carbons (Fsp3) is 0.417. The van der Waals surface area contributed by atoms with Crippen molar-refractivity contribution < 1.29 is 13.6 Å². The van der Waals surface area contributed by atoms with Gasteiger partial charge in [-0.2, -0.15) is 0 Å². The Morgan fingerprint density at radius 2 is 1.94 bits per heavy atom. The molecule has 1 unspecified atom stereocenters. The summed E-state index contributed by atoms with van der Waals surface area (Å²) in [6.45, 7) is 0.916. The van der Waals surface area contributed by atoms with E-state index in [2.05, 4.69) is 15.9 Å². The molecule has 0 bridgehead atoms. The minimum Gasteiger partial charge on any atom is -0.338 e. The second-order valence-corrected chi connectivity index (χ2v) is 4.92. The molecule has 92 valence electrons. The molecular formula is C12H12BrF2NO. The van der Waals surface area contributed by atoms with Crippen LogP contribution in [0.4, 0.5) is 8.78 Å². The number of alkyl halides is 1. The predicted octanol–water partition coefficient (Wildman–Crippen LogP) is 2.71. The highest BCUT2D eigenvalue weighted by Gasteiger charge is 2.28. The van der Waals surface area contributed by atoms with Crippen LogP contribution in [0.1, 0.15) is 12.0 Å². The van der Waals surface area contributed by atoms with Gasteiger partial charge in [0.25, 0.3) is 0 Å². The summed E-state index contributed by atoms with van der Waals surface area (Å²) in [5.41, 5.74) is 0.492. The molecule has 1 fully saturated rings. The van der Waals surface area contributed by atoms with Crippen molar-refractivity contribution in [3.8, 4) is 0 Å². The van der Waals surface area contributed by atoms with Gasteiger partial charge in [-0.05, 0) is 23.6 Å². The second-order valence-electron chi connectivity index (χ2n) is 4.28. The third-order valence-corrected chi connectivity index (χ3v) is 3.72. The van der Waals surface area contributed by atoms with Crippen LogP contribution in [0, 0.1) is 17.6 Å². The normalized spacial score (nSPS) is 20.1. The van der Waals surface area contributed by atoms with Crippen LogP contribution >= 0.6 is 15.9 Å². The Hall–Kier alpha value is -0.970. The van der Waals surface area contributed by atoms with E-state index in [1.165, 1.54) is 12.1 Å². The lowest BCUT2D eigenvalue weighted by molar-refractivity contribution is -0.128. The fourth-order valence-corrected chi connectivity index (χ4v) is 2.47. The van der Waals surface area contributed by atoms with E-state index in [9.17, 15) is 13.6 Å². The Morgan fingerprint density at radius 1 is 1.29 bits per heavy atom. The van der Waals surface area contributed by atoms with Crippen molar-refractivity contribution in [1.82, 2.24) is 4.90 Å². The lowest BCUT2D eigenvalue weighted by Crippen LogP contribution is -2.24. The molecule has 17 heavy (non-hydrogen) atoms. The second kappa shape index (κ2) is 5.12. The summed E-state index contributed by atoms with van der Waals surface area (Å²) in [6, 6.07) is 3.35. The molecule has 0 N–H and O–H groups in total. The van der Waals surface area contributed by atoms with Crippen LogP contribution in [-0.4, -0.2) is 22.7 Å². The average Bonchev–Trinajstić information content (AvgIpc) is 2.58. The SMILES string of the molecule is O=C1CC(CBr)CN1Cc1cc(F)cc(F)c1. The smallest absolute Gasteiger partial charge is 0.223 e. The maximum Gasteiger partial charge on any atom is 0.223 e. The average molecular weight is 304 g/mol. The standard InChI is InChI=1S/C12H12BrF2NO/c13-5-9-3-12(17)16(7-9)6-8-1-10(14)4-11(15)2-8/h1-2,4,9H,3,5-7H2. The highest BCUT2D eigenvalue weighted by atomic mass is 79.9. The number of carbonyl (C=O) groups excluding carboxylic acids is 1. The van der Waals surface area contributed by atoms with Gasteiger partial charge in [0.2, 0.25) is 5.91 Å². The molecule has 1 atom stereocenters. The summed E-state index contributed by atoms with van der Waals surface area (Å²) in [4.78, 5) is 13.3. The molecule has 2 nitrogen and oxygen atoms in total. The third kappa shape index (κ3) is 3.03. The van der Waals surface area contributed by atoms with Crippen molar-refractivity contribution in [3.05, 3.63) is 35.4 Å². The van der Waals surface area contributed by atoms with E-state index in [4.69, 9.17) is 0 Å². The quantitative estimate of drug-likeness (QED) is 0.786. The number of likely N-dealkylation sites (tertiary alicyclic amines) is 1. The molecule has 1 amide bonds. The lowest BCUT2D eigenvalue weighted by Gasteiger charge is -2.16. The molecule has 1 aliphatic heterocycles. The minimum atomic E-state index is -0.608.